The van der Waals surface area contributed by atoms with E-state index in [-0.39, 0.29) is 10.8 Å². The molecule has 2 heteroatoms. The van der Waals surface area contributed by atoms with Crippen LogP contribution in [0, 0.1) is 11.8 Å². The summed E-state index contributed by atoms with van der Waals surface area (Å²) in [6.45, 7) is 9.68. The van der Waals surface area contributed by atoms with Crippen LogP contribution in [0.3, 0.4) is 0 Å². The Balaban J connectivity index is 1.04. The number of anilines is 6. The van der Waals surface area contributed by atoms with E-state index in [0.717, 1.165) is 40.5 Å². The fourth-order valence-corrected chi connectivity index (χ4v) is 12.1. The first-order chi connectivity index (χ1) is 33.3. The zero-order valence-electron chi connectivity index (χ0n) is 39.8. The summed E-state index contributed by atoms with van der Waals surface area (Å²) in [6.07, 6.45) is 4.83. The van der Waals surface area contributed by atoms with Gasteiger partial charge in [-0.25, -0.2) is 0 Å². The van der Waals surface area contributed by atoms with Gasteiger partial charge in [-0.3, -0.25) is 0 Å². The molecule has 0 aliphatic heterocycles. The van der Waals surface area contributed by atoms with Crippen LogP contribution in [-0.4, -0.2) is 0 Å². The molecule has 9 aromatic rings. The van der Waals surface area contributed by atoms with Crippen molar-refractivity contribution >= 4 is 34.1 Å². The van der Waals surface area contributed by atoms with Gasteiger partial charge in [0.15, 0.2) is 0 Å². The summed E-state index contributed by atoms with van der Waals surface area (Å²) in [5, 5.41) is 0. The lowest BCUT2D eigenvalue weighted by molar-refractivity contribution is 0.170. The smallest absolute Gasteiger partial charge is 0.0540 e. The molecule has 2 unspecified atom stereocenters. The Morgan fingerprint density at radius 1 is 0.412 bits per heavy atom. The lowest BCUT2D eigenvalue weighted by atomic mass is 9.56. The number of hydrogen-bond acceptors (Lipinski definition) is 2. The molecule has 1 saturated carbocycles. The van der Waals surface area contributed by atoms with Crippen molar-refractivity contribution in [3.05, 3.63) is 253 Å². The first-order valence-corrected chi connectivity index (χ1v) is 24.7. The van der Waals surface area contributed by atoms with E-state index in [1.807, 2.05) is 0 Å². The van der Waals surface area contributed by atoms with Crippen LogP contribution in [0.15, 0.2) is 231 Å². The van der Waals surface area contributed by atoms with Crippen molar-refractivity contribution in [3.8, 4) is 33.4 Å². The minimum absolute atomic E-state index is 0.125. The number of fused-ring (bicyclic) bond motifs is 3. The van der Waals surface area contributed by atoms with Crippen molar-refractivity contribution in [2.24, 2.45) is 11.8 Å². The van der Waals surface area contributed by atoms with Gasteiger partial charge < -0.3 is 9.80 Å². The Labute approximate surface area is 404 Å². The third kappa shape index (κ3) is 7.53. The maximum atomic E-state index is 2.51. The van der Waals surface area contributed by atoms with Gasteiger partial charge >= 0.3 is 0 Å². The van der Waals surface area contributed by atoms with E-state index in [1.165, 1.54) is 74.9 Å². The lowest BCUT2D eigenvalue weighted by Crippen LogP contribution is -2.42. The molecule has 0 bridgehead atoms. The number of para-hydroxylation sites is 3. The molecule has 0 radical (unpaired) electrons. The fourth-order valence-electron chi connectivity index (χ4n) is 12.1. The van der Waals surface area contributed by atoms with Crippen LogP contribution >= 0.6 is 0 Å². The summed E-state index contributed by atoms with van der Waals surface area (Å²) in [5.74, 6) is 1.03. The first kappa shape index (κ1) is 43.2. The molecule has 0 N–H and O–H groups in total. The van der Waals surface area contributed by atoms with Gasteiger partial charge in [0, 0.05) is 44.8 Å². The third-order valence-electron chi connectivity index (χ3n) is 15.3. The van der Waals surface area contributed by atoms with Crippen LogP contribution in [0.4, 0.5) is 34.1 Å². The van der Waals surface area contributed by atoms with Gasteiger partial charge in [-0.15, -0.1) is 0 Å². The Hall–Kier alpha value is -7.42. The Morgan fingerprint density at radius 3 is 1.49 bits per heavy atom. The Kier molecular flexibility index (Phi) is 11.4. The molecular weight excluding hydrogens is 821 g/mol. The van der Waals surface area contributed by atoms with Crippen LogP contribution in [0.25, 0.3) is 33.4 Å². The second kappa shape index (κ2) is 18.0. The number of hydrogen-bond donors (Lipinski definition) is 0. The van der Waals surface area contributed by atoms with Crippen molar-refractivity contribution in [2.45, 2.75) is 64.2 Å². The zero-order valence-corrected chi connectivity index (χ0v) is 39.8. The fraction of sp³-hybridized carbons (Fsp3) is 0.182. The highest BCUT2D eigenvalue weighted by Gasteiger charge is 2.45. The molecule has 2 aliphatic rings. The number of benzene rings is 9. The van der Waals surface area contributed by atoms with Crippen molar-refractivity contribution in [1.82, 2.24) is 0 Å². The van der Waals surface area contributed by atoms with Crippen LogP contribution in [-0.2, 0) is 10.8 Å². The molecule has 1 fully saturated rings. The predicted molar refractivity (Wildman–Crippen MR) is 288 cm³/mol. The monoisotopic (exact) mass is 880 g/mol. The van der Waals surface area contributed by atoms with E-state index in [2.05, 4.69) is 268 Å². The molecule has 0 spiro atoms. The summed E-state index contributed by atoms with van der Waals surface area (Å²) >= 11 is 0. The maximum Gasteiger partial charge on any atom is 0.0540 e. The van der Waals surface area contributed by atoms with Crippen molar-refractivity contribution in [2.75, 3.05) is 9.80 Å². The zero-order chi connectivity index (χ0) is 46.2. The quantitative estimate of drug-likeness (QED) is 0.128. The molecule has 0 aromatic heterocycles. The van der Waals surface area contributed by atoms with Crippen molar-refractivity contribution in [3.63, 3.8) is 0 Å². The molecule has 0 saturated heterocycles. The van der Waals surface area contributed by atoms with Crippen LogP contribution < -0.4 is 9.80 Å². The largest absolute Gasteiger partial charge is 0.311 e. The molecule has 2 aliphatic carbocycles. The third-order valence-corrected chi connectivity index (χ3v) is 15.3. The van der Waals surface area contributed by atoms with E-state index >= 15 is 0 Å². The lowest BCUT2D eigenvalue weighted by Gasteiger charge is -2.48. The molecule has 2 nitrogen and oxygen atoms in total. The molecule has 9 aromatic carbocycles. The number of nitrogens with zero attached hydrogens (tertiary/aromatic N) is 2. The van der Waals surface area contributed by atoms with E-state index < -0.39 is 0 Å². The molecule has 0 heterocycles. The van der Waals surface area contributed by atoms with Crippen LogP contribution in [0.2, 0.25) is 0 Å². The summed E-state index contributed by atoms with van der Waals surface area (Å²) in [4.78, 5) is 4.88. The summed E-state index contributed by atoms with van der Waals surface area (Å²) in [7, 11) is 0. The van der Waals surface area contributed by atoms with Gasteiger partial charge in [0.25, 0.3) is 0 Å². The van der Waals surface area contributed by atoms with E-state index in [1.54, 1.807) is 0 Å². The summed E-state index contributed by atoms with van der Waals surface area (Å²) in [5.41, 5.74) is 19.8. The molecule has 0 amide bonds. The Morgan fingerprint density at radius 2 is 0.897 bits per heavy atom. The highest BCUT2D eigenvalue weighted by Crippen LogP contribution is 2.55. The second-order valence-corrected chi connectivity index (χ2v) is 19.8. The minimum Gasteiger partial charge on any atom is -0.311 e. The highest BCUT2D eigenvalue weighted by molar-refractivity contribution is 5.95. The SMILES string of the molecule is CC(C)C1CCCCC1(c1ccc(N(c2ccccc2)c2ccccc2)cc1)c1ccc(N(c2ccc3c(c2)C(C)(C)c2cccc(-c4ccccc4)c2-3)c2ccccc2-c2ccccc2)cc1. The maximum absolute atomic E-state index is 2.51. The first-order valence-electron chi connectivity index (χ1n) is 24.7. The van der Waals surface area contributed by atoms with Gasteiger partial charge in [0.2, 0.25) is 0 Å². The highest BCUT2D eigenvalue weighted by atomic mass is 15.1. The molecule has 334 valence electrons. The van der Waals surface area contributed by atoms with Crippen LogP contribution in [0.5, 0.6) is 0 Å². The normalized spacial score (nSPS) is 17.0. The molecule has 2 atom stereocenters. The minimum atomic E-state index is -0.187. The predicted octanol–water partition coefficient (Wildman–Crippen LogP) is 18.4. The van der Waals surface area contributed by atoms with E-state index in [4.69, 9.17) is 0 Å². The summed E-state index contributed by atoms with van der Waals surface area (Å²) < 4.78 is 0. The average molecular weight is 881 g/mol. The number of rotatable bonds is 11. The average Bonchev–Trinajstić information content (AvgIpc) is 3.63. The van der Waals surface area contributed by atoms with Gasteiger partial charge in [-0.1, -0.05) is 204 Å². The standard InChI is InChI=1S/C66H60N2/c1-47(2)60-32-19-20-45-66(60,50-35-39-54(40-36-50)67(52-26-13-7-14-27-52)53-28-15-8-16-29-53)51-37-41-55(42-38-51)68(63-34-18-17-30-57(63)48-22-9-5-10-23-48)56-43-44-59-62(46-56)65(3,4)61-33-21-31-58(64(59)61)49-24-11-6-12-25-49/h5-18,21-31,33-44,46-47,60H,19-20,32,45H2,1-4H3. The van der Waals surface area contributed by atoms with Gasteiger partial charge in [-0.2, -0.15) is 0 Å². The Bertz CT molecular complexity index is 3120. The van der Waals surface area contributed by atoms with Gasteiger partial charge in [-0.05, 0) is 141 Å². The van der Waals surface area contributed by atoms with Gasteiger partial charge in [0.05, 0.1) is 5.69 Å². The molecule has 11 rings (SSSR count). The summed E-state index contributed by atoms with van der Waals surface area (Å²) in [6, 6.07) is 85.6. The molecular formula is C66H60N2. The van der Waals surface area contributed by atoms with Crippen LogP contribution in [0.1, 0.15) is 75.6 Å². The van der Waals surface area contributed by atoms with Gasteiger partial charge in [0.1, 0.15) is 0 Å². The van der Waals surface area contributed by atoms with Crippen molar-refractivity contribution < 1.29 is 0 Å². The second-order valence-electron chi connectivity index (χ2n) is 19.8. The van der Waals surface area contributed by atoms with E-state index in [0.29, 0.717) is 11.8 Å². The molecule has 68 heavy (non-hydrogen) atoms. The van der Waals surface area contributed by atoms with E-state index in [9.17, 15) is 0 Å². The topological polar surface area (TPSA) is 6.48 Å². The van der Waals surface area contributed by atoms with Crippen molar-refractivity contribution in [1.29, 1.82) is 0 Å².